The van der Waals surface area contributed by atoms with Crippen molar-refractivity contribution >= 4 is 22.4 Å². The summed E-state index contributed by atoms with van der Waals surface area (Å²) < 4.78 is 0. The molecule has 0 spiro atoms. The smallest absolute Gasteiger partial charge is 0.127 e. The van der Waals surface area contributed by atoms with E-state index in [2.05, 4.69) is 81.1 Å². The lowest BCUT2D eigenvalue weighted by molar-refractivity contribution is 0.421. The van der Waals surface area contributed by atoms with E-state index in [1.54, 1.807) is 0 Å². The number of nitrogens with one attached hydrogen (secondary N) is 2. The fourth-order valence-corrected chi connectivity index (χ4v) is 5.24. The molecule has 4 aromatic rings. The van der Waals surface area contributed by atoms with E-state index in [1.807, 2.05) is 18.5 Å². The van der Waals surface area contributed by atoms with Crippen molar-refractivity contribution in [2.75, 3.05) is 36.4 Å². The molecule has 3 aromatic heterocycles. The van der Waals surface area contributed by atoms with E-state index in [1.165, 1.54) is 41.5 Å². The number of rotatable bonds is 6. The molecule has 1 saturated heterocycles. The van der Waals surface area contributed by atoms with Crippen LogP contribution in [0.1, 0.15) is 49.3 Å². The molecule has 2 N–H and O–H groups in total. The lowest BCUT2D eigenvalue weighted by Crippen LogP contribution is -2.43. The number of anilines is 2. The van der Waals surface area contributed by atoms with Crippen molar-refractivity contribution in [3.8, 4) is 11.3 Å². The summed E-state index contributed by atoms with van der Waals surface area (Å²) in [4.78, 5) is 16.8. The Hall–Kier alpha value is -3.51. The van der Waals surface area contributed by atoms with Gasteiger partial charge in [0.2, 0.25) is 0 Å². The van der Waals surface area contributed by atoms with Gasteiger partial charge in [-0.1, -0.05) is 36.8 Å². The maximum absolute atomic E-state index is 5.12. The first-order valence-corrected chi connectivity index (χ1v) is 12.8. The second kappa shape index (κ2) is 9.62. The normalized spacial score (nSPS) is 17.2. The summed E-state index contributed by atoms with van der Waals surface area (Å²) in [5, 5.41) is 8.34. The summed E-state index contributed by atoms with van der Waals surface area (Å²) in [7, 11) is 0. The SMILES string of the molecule is C[C@@H](Nc1cc(-c2cc(N3CCNCC3)c3c(C4CCC4)cncc3n2)ccn1)c1ccccc1. The Morgan fingerprint density at radius 1 is 1.03 bits per heavy atom. The fourth-order valence-electron chi connectivity index (χ4n) is 5.24. The van der Waals surface area contributed by atoms with Gasteiger partial charge in [-0.2, -0.15) is 0 Å². The quantitative estimate of drug-likeness (QED) is 0.390. The predicted octanol–water partition coefficient (Wildman–Crippen LogP) is 5.54. The van der Waals surface area contributed by atoms with E-state index in [-0.39, 0.29) is 6.04 Å². The Bertz CT molecular complexity index is 1310. The van der Waals surface area contributed by atoms with Crippen molar-refractivity contribution in [1.82, 2.24) is 20.3 Å². The van der Waals surface area contributed by atoms with Gasteiger partial charge in [0.1, 0.15) is 5.82 Å². The first-order chi connectivity index (χ1) is 17.3. The molecule has 6 heteroatoms. The number of benzene rings is 1. The van der Waals surface area contributed by atoms with E-state index in [0.717, 1.165) is 48.8 Å². The average Bonchev–Trinajstić information content (AvgIpc) is 2.88. The molecule has 0 unspecified atom stereocenters. The van der Waals surface area contributed by atoms with Gasteiger partial charge in [-0.15, -0.1) is 0 Å². The highest BCUT2D eigenvalue weighted by molar-refractivity contribution is 5.97. The van der Waals surface area contributed by atoms with Gasteiger partial charge in [0.15, 0.2) is 0 Å². The molecule has 2 aliphatic rings. The molecule has 6 rings (SSSR count). The van der Waals surface area contributed by atoms with E-state index >= 15 is 0 Å². The van der Waals surface area contributed by atoms with Gasteiger partial charge < -0.3 is 15.5 Å². The van der Waals surface area contributed by atoms with Crippen LogP contribution in [0.3, 0.4) is 0 Å². The minimum atomic E-state index is 0.161. The molecule has 0 amide bonds. The molecule has 1 aliphatic heterocycles. The van der Waals surface area contributed by atoms with Gasteiger partial charge in [0.25, 0.3) is 0 Å². The molecule has 35 heavy (non-hydrogen) atoms. The molecule has 178 valence electrons. The van der Waals surface area contributed by atoms with Crippen LogP contribution in [-0.4, -0.2) is 41.1 Å². The molecule has 1 saturated carbocycles. The number of hydrogen-bond acceptors (Lipinski definition) is 6. The third-order valence-corrected chi connectivity index (χ3v) is 7.45. The van der Waals surface area contributed by atoms with E-state index in [9.17, 15) is 0 Å². The zero-order valence-electron chi connectivity index (χ0n) is 20.2. The third-order valence-electron chi connectivity index (χ3n) is 7.45. The van der Waals surface area contributed by atoms with Crippen LogP contribution < -0.4 is 15.5 Å². The second-order valence-electron chi connectivity index (χ2n) is 9.72. The lowest BCUT2D eigenvalue weighted by Gasteiger charge is -2.33. The summed E-state index contributed by atoms with van der Waals surface area (Å²) in [5.74, 6) is 1.46. The van der Waals surface area contributed by atoms with Crippen LogP contribution in [-0.2, 0) is 0 Å². The van der Waals surface area contributed by atoms with Gasteiger partial charge in [0.05, 0.1) is 17.4 Å². The number of piperazine rings is 1. The van der Waals surface area contributed by atoms with Crippen LogP contribution in [0.15, 0.2) is 67.1 Å². The van der Waals surface area contributed by atoms with Crippen molar-refractivity contribution in [2.45, 2.75) is 38.1 Å². The maximum atomic E-state index is 5.12. The van der Waals surface area contributed by atoms with Crippen molar-refractivity contribution < 1.29 is 0 Å². The highest BCUT2D eigenvalue weighted by Gasteiger charge is 2.26. The molecular weight excluding hydrogens is 432 g/mol. The van der Waals surface area contributed by atoms with Crippen LogP contribution in [0.25, 0.3) is 22.2 Å². The number of hydrogen-bond donors (Lipinski definition) is 2. The first kappa shape index (κ1) is 22.0. The topological polar surface area (TPSA) is 66.0 Å². The first-order valence-electron chi connectivity index (χ1n) is 12.8. The molecule has 2 fully saturated rings. The largest absolute Gasteiger partial charge is 0.368 e. The molecule has 1 aliphatic carbocycles. The monoisotopic (exact) mass is 464 g/mol. The van der Waals surface area contributed by atoms with Gasteiger partial charge in [-0.3, -0.25) is 4.98 Å². The standard InChI is InChI=1S/C29H32N6/c1-20(21-6-3-2-4-7-21)33-28-16-23(10-11-32-28)25-17-27(35-14-12-30-13-15-35)29-24(22-8-5-9-22)18-31-19-26(29)34-25/h2-4,6-7,10-11,16-20,22,30H,5,8-9,12-15H2,1H3,(H,32,33)/t20-/m1/s1. The van der Waals surface area contributed by atoms with Crippen LogP contribution in [0, 0.1) is 0 Å². The molecular formula is C29H32N6. The van der Waals surface area contributed by atoms with Crippen LogP contribution in [0.5, 0.6) is 0 Å². The Labute approximate surface area is 206 Å². The average molecular weight is 465 g/mol. The number of pyridine rings is 3. The minimum Gasteiger partial charge on any atom is -0.368 e. The summed E-state index contributed by atoms with van der Waals surface area (Å²) in [5.41, 5.74) is 6.92. The van der Waals surface area contributed by atoms with Gasteiger partial charge >= 0.3 is 0 Å². The van der Waals surface area contributed by atoms with Crippen LogP contribution >= 0.6 is 0 Å². The van der Waals surface area contributed by atoms with Gasteiger partial charge in [-0.25, -0.2) is 9.97 Å². The number of fused-ring (bicyclic) bond motifs is 1. The summed E-state index contributed by atoms with van der Waals surface area (Å²) >= 11 is 0. The van der Waals surface area contributed by atoms with E-state index in [0.29, 0.717) is 5.92 Å². The predicted molar refractivity (Wildman–Crippen MR) is 143 cm³/mol. The zero-order chi connectivity index (χ0) is 23.6. The number of aromatic nitrogens is 3. The lowest BCUT2D eigenvalue weighted by atomic mass is 9.79. The third kappa shape index (κ3) is 4.46. The molecule has 1 atom stereocenters. The maximum Gasteiger partial charge on any atom is 0.127 e. The fraction of sp³-hybridized carbons (Fsp3) is 0.345. The molecule has 1 aromatic carbocycles. The Kier molecular flexibility index (Phi) is 6.05. The minimum absolute atomic E-state index is 0.161. The molecule has 6 nitrogen and oxygen atoms in total. The summed E-state index contributed by atoms with van der Waals surface area (Å²) in [6.07, 6.45) is 9.70. The Balaban J connectivity index is 1.40. The van der Waals surface area contributed by atoms with Gasteiger partial charge in [0, 0.05) is 61.3 Å². The molecule has 0 radical (unpaired) electrons. The highest BCUT2D eigenvalue weighted by atomic mass is 15.2. The Morgan fingerprint density at radius 2 is 1.86 bits per heavy atom. The molecule has 0 bridgehead atoms. The Morgan fingerprint density at radius 3 is 2.63 bits per heavy atom. The zero-order valence-corrected chi connectivity index (χ0v) is 20.2. The van der Waals surface area contributed by atoms with Crippen LogP contribution in [0.2, 0.25) is 0 Å². The van der Waals surface area contributed by atoms with E-state index in [4.69, 9.17) is 4.98 Å². The van der Waals surface area contributed by atoms with Crippen LogP contribution in [0.4, 0.5) is 11.5 Å². The summed E-state index contributed by atoms with van der Waals surface area (Å²) in [6.45, 7) is 6.17. The van der Waals surface area contributed by atoms with Crippen molar-refractivity contribution in [1.29, 1.82) is 0 Å². The van der Waals surface area contributed by atoms with Crippen molar-refractivity contribution in [3.05, 3.63) is 78.2 Å². The second-order valence-corrected chi connectivity index (χ2v) is 9.72. The van der Waals surface area contributed by atoms with Gasteiger partial charge in [-0.05, 0) is 55.0 Å². The highest BCUT2D eigenvalue weighted by Crippen LogP contribution is 2.43. The van der Waals surface area contributed by atoms with Crippen molar-refractivity contribution in [2.24, 2.45) is 0 Å². The van der Waals surface area contributed by atoms with E-state index < -0.39 is 0 Å². The van der Waals surface area contributed by atoms with Crippen molar-refractivity contribution in [3.63, 3.8) is 0 Å². The molecule has 4 heterocycles. The summed E-state index contributed by atoms with van der Waals surface area (Å²) in [6, 6.07) is 17.1. The number of nitrogens with zero attached hydrogens (tertiary/aromatic N) is 4.